The van der Waals surface area contributed by atoms with Crippen molar-refractivity contribution in [1.29, 1.82) is 0 Å². The molecule has 2 aromatic carbocycles. The molecule has 2 aromatic rings. The largest absolute Gasteiger partial charge is 0.461 e. The Labute approximate surface area is 147 Å². The van der Waals surface area contributed by atoms with Crippen molar-refractivity contribution >= 4 is 44.3 Å². The lowest BCUT2D eigenvalue weighted by Crippen LogP contribution is -2.40. The summed E-state index contributed by atoms with van der Waals surface area (Å²) in [6.07, 6.45) is 0.846. The van der Waals surface area contributed by atoms with Crippen LogP contribution in [0.3, 0.4) is 0 Å². The Hall–Kier alpha value is -1.88. The Morgan fingerprint density at radius 1 is 1.12 bits per heavy atom. The topological polar surface area (TPSA) is 55.4 Å². The summed E-state index contributed by atoms with van der Waals surface area (Å²) in [4.78, 5) is 25.3. The van der Waals surface area contributed by atoms with Gasteiger partial charge in [0.25, 0.3) is 0 Å². The zero-order valence-corrected chi connectivity index (χ0v) is 14.4. The van der Waals surface area contributed by atoms with Gasteiger partial charge in [-0.25, -0.2) is 0 Å². The first-order valence-corrected chi connectivity index (χ1v) is 9.20. The number of carbonyl (C=O) groups is 2. The summed E-state index contributed by atoms with van der Waals surface area (Å²) in [6, 6.07) is 13.8. The molecule has 4 nitrogen and oxygen atoms in total. The second kappa shape index (κ2) is 5.06. The first kappa shape index (κ1) is 14.5. The van der Waals surface area contributed by atoms with Gasteiger partial charge in [0.05, 0.1) is 16.7 Å². The minimum absolute atomic E-state index is 0.0471. The zero-order chi connectivity index (χ0) is 16.4. The molecule has 1 saturated heterocycles. The number of hydrogen-bond donors (Lipinski definition) is 1. The van der Waals surface area contributed by atoms with Crippen molar-refractivity contribution in [2.45, 2.75) is 17.4 Å². The quantitative estimate of drug-likeness (QED) is 0.636. The van der Waals surface area contributed by atoms with Crippen molar-refractivity contribution in [2.75, 3.05) is 5.32 Å². The van der Waals surface area contributed by atoms with Gasteiger partial charge in [-0.3, -0.25) is 9.59 Å². The van der Waals surface area contributed by atoms with Gasteiger partial charge in [0.2, 0.25) is 5.91 Å². The van der Waals surface area contributed by atoms with Gasteiger partial charge in [-0.2, -0.15) is 0 Å². The number of amides is 1. The highest BCUT2D eigenvalue weighted by Crippen LogP contribution is 2.60. The van der Waals surface area contributed by atoms with Crippen LogP contribution in [0, 0.1) is 23.7 Å². The highest BCUT2D eigenvalue weighted by atomic mass is 79.9. The first-order valence-electron chi connectivity index (χ1n) is 8.28. The van der Waals surface area contributed by atoms with Crippen molar-refractivity contribution in [3.63, 3.8) is 0 Å². The van der Waals surface area contributed by atoms with Crippen LogP contribution in [0.4, 0.5) is 5.69 Å². The Morgan fingerprint density at radius 3 is 2.79 bits per heavy atom. The molecule has 24 heavy (non-hydrogen) atoms. The van der Waals surface area contributed by atoms with Crippen LogP contribution in [0.2, 0.25) is 0 Å². The molecule has 1 heterocycles. The maximum Gasteiger partial charge on any atom is 0.310 e. The summed E-state index contributed by atoms with van der Waals surface area (Å²) in [5, 5.41) is 5.17. The average Bonchev–Trinajstić information content (AvgIpc) is 3.19. The zero-order valence-electron chi connectivity index (χ0n) is 12.8. The molecule has 122 valence electrons. The summed E-state index contributed by atoms with van der Waals surface area (Å²) in [5.41, 5.74) is 0.801. The van der Waals surface area contributed by atoms with E-state index in [1.165, 1.54) is 0 Å². The van der Waals surface area contributed by atoms with Crippen LogP contribution in [0.1, 0.15) is 6.42 Å². The fraction of sp³-hybridized carbons (Fsp3) is 0.368. The highest BCUT2D eigenvalue weighted by molar-refractivity contribution is 9.09. The fourth-order valence-electron chi connectivity index (χ4n) is 4.88. The van der Waals surface area contributed by atoms with E-state index in [9.17, 15) is 9.59 Å². The van der Waals surface area contributed by atoms with Gasteiger partial charge in [0.1, 0.15) is 6.10 Å². The number of alkyl halides is 1. The molecular formula is C19H16BrNO3. The number of ether oxygens (including phenoxy) is 1. The van der Waals surface area contributed by atoms with Crippen molar-refractivity contribution in [3.8, 4) is 0 Å². The summed E-state index contributed by atoms with van der Waals surface area (Å²) in [5.74, 6) is -0.479. The summed E-state index contributed by atoms with van der Waals surface area (Å²) in [6.45, 7) is 0. The Bertz CT molecular complexity index is 861. The maximum absolute atomic E-state index is 13.0. The molecule has 0 unspecified atom stereocenters. The predicted molar refractivity (Wildman–Crippen MR) is 93.7 cm³/mol. The minimum Gasteiger partial charge on any atom is -0.461 e. The van der Waals surface area contributed by atoms with E-state index in [1.807, 2.05) is 42.5 Å². The molecule has 5 rings (SSSR count). The Balaban J connectivity index is 1.48. The summed E-state index contributed by atoms with van der Waals surface area (Å²) in [7, 11) is 0. The molecule has 3 aliphatic rings. The molecule has 5 heteroatoms. The van der Waals surface area contributed by atoms with Crippen molar-refractivity contribution in [1.82, 2.24) is 0 Å². The molecule has 0 aromatic heterocycles. The molecular weight excluding hydrogens is 370 g/mol. The molecule has 2 saturated carbocycles. The lowest BCUT2D eigenvalue weighted by Gasteiger charge is -2.27. The second-order valence-corrected chi connectivity index (χ2v) is 8.03. The number of nitrogens with one attached hydrogen (secondary N) is 1. The van der Waals surface area contributed by atoms with Crippen LogP contribution >= 0.6 is 15.9 Å². The molecule has 3 fully saturated rings. The van der Waals surface area contributed by atoms with E-state index in [2.05, 4.69) is 21.2 Å². The molecule has 1 aliphatic heterocycles. The smallest absolute Gasteiger partial charge is 0.310 e. The van der Waals surface area contributed by atoms with Gasteiger partial charge < -0.3 is 10.1 Å². The summed E-state index contributed by atoms with van der Waals surface area (Å²) >= 11 is 3.65. The monoisotopic (exact) mass is 385 g/mol. The Morgan fingerprint density at radius 2 is 1.92 bits per heavy atom. The fourth-order valence-corrected chi connectivity index (χ4v) is 5.93. The maximum atomic E-state index is 13.0. The van der Waals surface area contributed by atoms with Crippen LogP contribution in [0.5, 0.6) is 0 Å². The van der Waals surface area contributed by atoms with E-state index in [0.29, 0.717) is 0 Å². The minimum atomic E-state index is -0.301. The van der Waals surface area contributed by atoms with E-state index in [-0.39, 0.29) is 46.5 Å². The van der Waals surface area contributed by atoms with Gasteiger partial charge in [-0.1, -0.05) is 52.3 Å². The van der Waals surface area contributed by atoms with Crippen molar-refractivity contribution in [2.24, 2.45) is 23.7 Å². The standard InChI is InChI=1S/C19H16BrNO3/c20-16-11-8-12-15(19(23)24-17(12)16)14(11)18(22)21-13-7-3-5-9-4-1-2-6-10(9)13/h1-7,11-12,14-17H,8H2,(H,21,22)/t11-,12-,14-,15+,16+,17+/m1/s1. The molecule has 1 N–H and O–H groups in total. The number of fused-ring (bicyclic) bond motifs is 2. The number of anilines is 1. The third-order valence-electron chi connectivity index (χ3n) is 5.87. The van der Waals surface area contributed by atoms with Gasteiger partial charge in [-0.15, -0.1) is 0 Å². The number of carbonyl (C=O) groups excluding carboxylic acids is 2. The third-order valence-corrected chi connectivity index (χ3v) is 7.07. The van der Waals surface area contributed by atoms with E-state index in [1.54, 1.807) is 0 Å². The van der Waals surface area contributed by atoms with E-state index in [4.69, 9.17) is 4.74 Å². The van der Waals surface area contributed by atoms with Crippen LogP contribution in [-0.2, 0) is 14.3 Å². The number of benzene rings is 2. The average molecular weight is 386 g/mol. The Kier molecular flexibility index (Phi) is 3.05. The second-order valence-electron chi connectivity index (χ2n) is 6.98. The third kappa shape index (κ3) is 1.85. The normalized spacial score (nSPS) is 36.1. The van der Waals surface area contributed by atoms with Crippen LogP contribution in [0.25, 0.3) is 10.8 Å². The van der Waals surface area contributed by atoms with Crippen LogP contribution in [-0.4, -0.2) is 22.8 Å². The molecule has 2 bridgehead atoms. The highest BCUT2D eigenvalue weighted by Gasteiger charge is 2.67. The van der Waals surface area contributed by atoms with Gasteiger partial charge >= 0.3 is 5.97 Å². The summed E-state index contributed by atoms with van der Waals surface area (Å²) < 4.78 is 5.49. The van der Waals surface area contributed by atoms with Gasteiger partial charge in [0, 0.05) is 17.0 Å². The number of halogens is 1. The van der Waals surface area contributed by atoms with Gasteiger partial charge in [-0.05, 0) is 23.8 Å². The van der Waals surface area contributed by atoms with Crippen molar-refractivity contribution in [3.05, 3.63) is 42.5 Å². The first-order chi connectivity index (χ1) is 11.6. The van der Waals surface area contributed by atoms with Crippen molar-refractivity contribution < 1.29 is 14.3 Å². The SMILES string of the molecule is O=C(Nc1cccc2ccccc12)[C@@H]1[C@H]2C[C@H]3[C@H](OC(=O)[C@@H]31)[C@H]2Br. The lowest BCUT2D eigenvalue weighted by atomic mass is 9.79. The molecule has 6 atom stereocenters. The van der Waals surface area contributed by atoms with Gasteiger partial charge in [0.15, 0.2) is 0 Å². The number of hydrogen-bond acceptors (Lipinski definition) is 3. The predicted octanol–water partition coefficient (Wildman–Crippen LogP) is 3.35. The molecule has 0 radical (unpaired) electrons. The van der Waals surface area contributed by atoms with E-state index < -0.39 is 0 Å². The molecule has 1 amide bonds. The van der Waals surface area contributed by atoms with Crippen LogP contribution in [0.15, 0.2) is 42.5 Å². The van der Waals surface area contributed by atoms with Crippen LogP contribution < -0.4 is 5.32 Å². The molecule has 2 aliphatic carbocycles. The van der Waals surface area contributed by atoms with E-state index in [0.717, 1.165) is 22.9 Å². The number of rotatable bonds is 2. The molecule has 0 spiro atoms. The van der Waals surface area contributed by atoms with E-state index >= 15 is 0 Å². The number of esters is 1. The lowest BCUT2D eigenvalue weighted by molar-refractivity contribution is -0.145.